The molecule has 0 rings (SSSR count). The summed E-state index contributed by atoms with van der Waals surface area (Å²) < 4.78 is 0. The minimum Gasteiger partial charge on any atom is -0.396 e. The summed E-state index contributed by atoms with van der Waals surface area (Å²) in [6.45, 7) is 3.50. The molecule has 188 valence electrons. The van der Waals surface area contributed by atoms with Gasteiger partial charge in [-0.1, -0.05) is 0 Å². The molecule has 0 aromatic heterocycles. The highest BCUT2D eigenvalue weighted by Gasteiger charge is 2.52. The smallest absolute Gasteiger partial charge is 0.0558 e. The topological polar surface area (TPSA) is 187 Å². The Kier molecular flexibility index (Phi) is 18.8. The van der Waals surface area contributed by atoms with Crippen LogP contribution in [0.1, 0.15) is 25.7 Å². The number of rotatable bonds is 23. The number of aliphatic hydroxyl groups is 6. The van der Waals surface area contributed by atoms with Crippen LogP contribution in [-0.4, -0.2) is 139 Å². The highest BCUT2D eigenvalue weighted by atomic mass is 16.3. The summed E-state index contributed by atoms with van der Waals surface area (Å²) in [5, 5.41) is 68.9. The van der Waals surface area contributed by atoms with Gasteiger partial charge in [-0.25, -0.2) is 0 Å². The Labute approximate surface area is 186 Å². The van der Waals surface area contributed by atoms with Crippen LogP contribution in [0.4, 0.5) is 0 Å². The first-order valence-electron chi connectivity index (χ1n) is 11.3. The lowest BCUT2D eigenvalue weighted by atomic mass is 9.67. The maximum absolute atomic E-state index is 9.91. The molecule has 0 bridgehead atoms. The van der Waals surface area contributed by atoms with Crippen LogP contribution >= 0.6 is 0 Å². The second-order valence-electron chi connectivity index (χ2n) is 7.66. The normalized spacial score (nSPS) is 12.8. The van der Waals surface area contributed by atoms with Gasteiger partial charge in [-0.3, -0.25) is 4.90 Å². The van der Waals surface area contributed by atoms with Crippen molar-refractivity contribution in [3.63, 3.8) is 0 Å². The fourth-order valence-corrected chi connectivity index (χ4v) is 4.61. The first-order valence-corrected chi connectivity index (χ1v) is 11.3. The van der Waals surface area contributed by atoms with Gasteiger partial charge in [-0.15, -0.1) is 0 Å². The summed E-state index contributed by atoms with van der Waals surface area (Å²) >= 11 is 0. The average Bonchev–Trinajstić information content (AvgIpc) is 2.75. The van der Waals surface area contributed by atoms with Crippen LogP contribution in [0.25, 0.3) is 0 Å². The van der Waals surface area contributed by atoms with Crippen molar-refractivity contribution in [3.05, 3.63) is 0 Å². The Morgan fingerprint density at radius 3 is 1.45 bits per heavy atom. The monoisotopic (exact) mass is 453 g/mol. The van der Waals surface area contributed by atoms with Crippen molar-refractivity contribution in [3.8, 4) is 0 Å². The molecule has 0 saturated carbocycles. The van der Waals surface area contributed by atoms with Gasteiger partial charge in [0.15, 0.2) is 0 Å². The molecule has 0 aliphatic heterocycles. The fraction of sp³-hybridized carbons (Fsp3) is 1.00. The lowest BCUT2D eigenvalue weighted by Gasteiger charge is -2.57. The van der Waals surface area contributed by atoms with Gasteiger partial charge in [0.05, 0.1) is 13.2 Å². The molecule has 0 heterocycles. The van der Waals surface area contributed by atoms with Gasteiger partial charge in [0, 0.05) is 89.9 Å². The number of hydrogen-bond donors (Lipinski definition) is 10. The molecule has 0 unspecified atom stereocenters. The van der Waals surface area contributed by atoms with E-state index in [9.17, 15) is 30.6 Å². The summed E-state index contributed by atoms with van der Waals surface area (Å²) in [6.07, 6.45) is 1.05. The van der Waals surface area contributed by atoms with E-state index in [0.29, 0.717) is 19.6 Å². The molecular formula is C20H47N5O6. The Morgan fingerprint density at radius 1 is 0.581 bits per heavy atom. The molecule has 0 aromatic rings. The molecule has 0 aliphatic carbocycles. The summed E-state index contributed by atoms with van der Waals surface area (Å²) in [5.41, 5.74) is 3.70. The van der Waals surface area contributed by atoms with E-state index in [1.165, 1.54) is 0 Å². The number of nitrogens with one attached hydrogen (secondary N) is 3. The van der Waals surface area contributed by atoms with Gasteiger partial charge in [0.1, 0.15) is 0 Å². The Bertz CT molecular complexity index is 390. The van der Waals surface area contributed by atoms with E-state index in [2.05, 4.69) is 16.0 Å². The molecule has 0 aliphatic rings. The molecule has 0 fully saturated rings. The molecule has 11 heteroatoms. The van der Waals surface area contributed by atoms with E-state index < -0.39 is 11.1 Å². The van der Waals surface area contributed by atoms with E-state index >= 15 is 0 Å². The van der Waals surface area contributed by atoms with Crippen LogP contribution in [0.2, 0.25) is 0 Å². The quantitative estimate of drug-likeness (QED) is 0.0680. The zero-order chi connectivity index (χ0) is 23.4. The van der Waals surface area contributed by atoms with Crippen molar-refractivity contribution in [2.24, 2.45) is 5.73 Å². The Morgan fingerprint density at radius 2 is 1.03 bits per heavy atom. The van der Waals surface area contributed by atoms with Crippen LogP contribution in [0.15, 0.2) is 0 Å². The van der Waals surface area contributed by atoms with Gasteiger partial charge in [0.2, 0.25) is 0 Å². The second-order valence-corrected chi connectivity index (χ2v) is 7.66. The first kappa shape index (κ1) is 30.6. The summed E-state index contributed by atoms with van der Waals surface area (Å²) in [4.78, 5) is 1.86. The highest BCUT2D eigenvalue weighted by molar-refractivity contribution is 5.12. The summed E-state index contributed by atoms with van der Waals surface area (Å²) in [5.74, 6) is 0. The lowest BCUT2D eigenvalue weighted by Crippen LogP contribution is -2.72. The third-order valence-electron chi connectivity index (χ3n) is 5.93. The molecule has 0 saturated heterocycles. The number of β-amino-alcohol motifs (C(OH)–C–C–N with tert-alkyl or cyclic N) is 2. The zero-order valence-electron chi connectivity index (χ0n) is 18.9. The highest BCUT2D eigenvalue weighted by Crippen LogP contribution is 2.40. The first-order chi connectivity index (χ1) is 15.1. The second kappa shape index (κ2) is 19.1. The van der Waals surface area contributed by atoms with Crippen LogP contribution < -0.4 is 21.7 Å². The molecule has 0 spiro atoms. The van der Waals surface area contributed by atoms with Crippen molar-refractivity contribution >= 4 is 0 Å². The van der Waals surface area contributed by atoms with Crippen molar-refractivity contribution in [2.75, 3.05) is 92.0 Å². The van der Waals surface area contributed by atoms with Crippen molar-refractivity contribution < 1.29 is 30.6 Å². The molecule has 31 heavy (non-hydrogen) atoms. The van der Waals surface area contributed by atoms with Gasteiger partial charge in [-0.2, -0.15) is 0 Å². The standard InChI is InChI=1S/C20H47N5O6/c21-5-6-22-7-8-23-9-10-24-19(1-13-26,2-14-27)20(3-15-28,4-16-29)25(11-17-30)12-18-31/h22-24,26-31H,1-18,21H2. The lowest BCUT2D eigenvalue weighted by molar-refractivity contribution is -0.0675. The Hall–Kier alpha value is -0.440. The average molecular weight is 454 g/mol. The molecule has 0 atom stereocenters. The maximum Gasteiger partial charge on any atom is 0.0558 e. The summed E-state index contributed by atoms with van der Waals surface area (Å²) in [7, 11) is 0. The zero-order valence-corrected chi connectivity index (χ0v) is 18.9. The van der Waals surface area contributed by atoms with Crippen molar-refractivity contribution in [1.82, 2.24) is 20.9 Å². The van der Waals surface area contributed by atoms with Gasteiger partial charge in [-0.05, 0) is 25.7 Å². The fourth-order valence-electron chi connectivity index (χ4n) is 4.61. The van der Waals surface area contributed by atoms with Crippen LogP contribution in [0, 0.1) is 0 Å². The molecule has 0 radical (unpaired) electrons. The van der Waals surface area contributed by atoms with E-state index in [1.54, 1.807) is 0 Å². The predicted octanol–water partition coefficient (Wildman–Crippen LogP) is -3.99. The maximum atomic E-state index is 9.91. The third-order valence-corrected chi connectivity index (χ3v) is 5.93. The number of hydrogen-bond acceptors (Lipinski definition) is 11. The number of aliphatic hydroxyl groups excluding tert-OH is 6. The largest absolute Gasteiger partial charge is 0.396 e. The van der Waals surface area contributed by atoms with E-state index in [4.69, 9.17) is 5.73 Å². The van der Waals surface area contributed by atoms with E-state index in [0.717, 1.165) is 19.6 Å². The van der Waals surface area contributed by atoms with Gasteiger partial charge in [0.25, 0.3) is 0 Å². The van der Waals surface area contributed by atoms with Crippen molar-refractivity contribution in [1.29, 1.82) is 0 Å². The summed E-state index contributed by atoms with van der Waals surface area (Å²) in [6, 6.07) is 0. The number of nitrogens with two attached hydrogens (primary N) is 1. The third kappa shape index (κ3) is 9.93. The minimum absolute atomic E-state index is 0.159. The van der Waals surface area contributed by atoms with E-state index in [1.807, 2.05) is 4.90 Å². The molecular weight excluding hydrogens is 406 g/mol. The molecule has 0 amide bonds. The molecule has 0 aromatic carbocycles. The Balaban J connectivity index is 5.68. The van der Waals surface area contributed by atoms with Gasteiger partial charge >= 0.3 is 0 Å². The predicted molar refractivity (Wildman–Crippen MR) is 121 cm³/mol. The van der Waals surface area contributed by atoms with Crippen LogP contribution in [0.5, 0.6) is 0 Å². The van der Waals surface area contributed by atoms with Crippen molar-refractivity contribution in [2.45, 2.75) is 36.8 Å². The minimum atomic E-state index is -0.893. The van der Waals surface area contributed by atoms with E-state index in [-0.39, 0.29) is 78.4 Å². The van der Waals surface area contributed by atoms with Gasteiger partial charge < -0.3 is 52.3 Å². The van der Waals surface area contributed by atoms with Crippen LogP contribution in [0.3, 0.4) is 0 Å². The SMILES string of the molecule is NCCNCCNCCNC(CCO)(CCO)C(CCO)(CCO)N(CCO)CCO. The van der Waals surface area contributed by atoms with Crippen LogP contribution in [-0.2, 0) is 0 Å². The molecule has 11 N–H and O–H groups in total. The number of nitrogens with zero attached hydrogens (tertiary/aromatic N) is 1. The molecule has 11 nitrogen and oxygen atoms in total.